The molecule has 1 N–H and O–H groups in total. The van der Waals surface area contributed by atoms with E-state index in [4.69, 9.17) is 0 Å². The molecule has 5 heteroatoms. The Morgan fingerprint density at radius 3 is 2.45 bits per heavy atom. The molecule has 0 aromatic rings. The monoisotopic (exact) mass is 177 g/mol. The van der Waals surface area contributed by atoms with E-state index in [1.165, 1.54) is 0 Å². The maximum atomic E-state index is 10.9. The SMILES string of the molecule is O=CNS(=O)(=O)CC1CCC1. The summed E-state index contributed by atoms with van der Waals surface area (Å²) in [5.41, 5.74) is 0. The Hall–Kier alpha value is -0.580. The van der Waals surface area contributed by atoms with Crippen LogP contribution in [0.2, 0.25) is 0 Å². The second kappa shape index (κ2) is 3.21. The third kappa shape index (κ3) is 2.49. The number of amides is 1. The zero-order valence-electron chi connectivity index (χ0n) is 6.12. The van der Waals surface area contributed by atoms with E-state index < -0.39 is 10.0 Å². The van der Waals surface area contributed by atoms with Gasteiger partial charge in [-0.05, 0) is 18.8 Å². The van der Waals surface area contributed by atoms with E-state index in [1.54, 1.807) is 0 Å². The van der Waals surface area contributed by atoms with E-state index >= 15 is 0 Å². The number of hydrogen-bond acceptors (Lipinski definition) is 3. The van der Waals surface area contributed by atoms with Crippen molar-refractivity contribution in [2.75, 3.05) is 5.75 Å². The molecule has 0 bridgehead atoms. The zero-order chi connectivity index (χ0) is 8.32. The van der Waals surface area contributed by atoms with Crippen molar-refractivity contribution in [2.45, 2.75) is 19.3 Å². The summed E-state index contributed by atoms with van der Waals surface area (Å²) >= 11 is 0. The fourth-order valence-corrected chi connectivity index (χ4v) is 2.29. The number of nitrogens with one attached hydrogen (secondary N) is 1. The first-order valence-electron chi connectivity index (χ1n) is 3.58. The van der Waals surface area contributed by atoms with Gasteiger partial charge in [-0.1, -0.05) is 6.42 Å². The van der Waals surface area contributed by atoms with Crippen LogP contribution >= 0.6 is 0 Å². The lowest BCUT2D eigenvalue weighted by molar-refractivity contribution is -0.108. The number of carbonyl (C=O) groups excluding carboxylic acids is 1. The predicted octanol–water partition coefficient (Wildman–Crippen LogP) is -0.138. The first kappa shape index (κ1) is 8.52. The first-order valence-corrected chi connectivity index (χ1v) is 5.23. The van der Waals surface area contributed by atoms with E-state index in [1.807, 2.05) is 4.72 Å². The third-order valence-electron chi connectivity index (χ3n) is 1.91. The largest absolute Gasteiger partial charge is 0.278 e. The molecule has 1 saturated carbocycles. The molecule has 0 heterocycles. The highest BCUT2D eigenvalue weighted by molar-refractivity contribution is 7.89. The van der Waals surface area contributed by atoms with Crippen LogP contribution in [-0.4, -0.2) is 20.6 Å². The molecule has 0 atom stereocenters. The summed E-state index contributed by atoms with van der Waals surface area (Å²) in [6, 6.07) is 0. The second-order valence-corrected chi connectivity index (χ2v) is 4.61. The molecule has 0 aliphatic heterocycles. The van der Waals surface area contributed by atoms with E-state index in [9.17, 15) is 13.2 Å². The van der Waals surface area contributed by atoms with Gasteiger partial charge >= 0.3 is 0 Å². The van der Waals surface area contributed by atoms with E-state index in [2.05, 4.69) is 0 Å². The summed E-state index contributed by atoms with van der Waals surface area (Å²) in [6.45, 7) is 0. The quantitative estimate of drug-likeness (QED) is 0.608. The van der Waals surface area contributed by atoms with Crippen molar-refractivity contribution in [1.82, 2.24) is 4.72 Å². The average molecular weight is 177 g/mol. The minimum Gasteiger partial charge on any atom is -0.278 e. The van der Waals surface area contributed by atoms with Gasteiger partial charge < -0.3 is 0 Å². The lowest BCUT2D eigenvalue weighted by atomic mass is 9.87. The fraction of sp³-hybridized carbons (Fsp3) is 0.833. The lowest BCUT2D eigenvalue weighted by Crippen LogP contribution is -2.31. The molecule has 64 valence electrons. The molecule has 0 unspecified atom stereocenters. The lowest BCUT2D eigenvalue weighted by Gasteiger charge is -2.24. The van der Waals surface area contributed by atoms with Gasteiger partial charge in [-0.25, -0.2) is 8.42 Å². The van der Waals surface area contributed by atoms with Crippen molar-refractivity contribution in [3.63, 3.8) is 0 Å². The highest BCUT2D eigenvalue weighted by Crippen LogP contribution is 2.27. The summed E-state index contributed by atoms with van der Waals surface area (Å²) in [7, 11) is -3.31. The summed E-state index contributed by atoms with van der Waals surface area (Å²) in [4.78, 5) is 9.82. The van der Waals surface area contributed by atoms with E-state index in [-0.39, 0.29) is 18.1 Å². The summed E-state index contributed by atoms with van der Waals surface area (Å²) in [5, 5.41) is 0. The Morgan fingerprint density at radius 1 is 1.45 bits per heavy atom. The molecule has 1 fully saturated rings. The van der Waals surface area contributed by atoms with Gasteiger partial charge in [-0.2, -0.15) is 0 Å². The number of carbonyl (C=O) groups is 1. The van der Waals surface area contributed by atoms with E-state index in [0.29, 0.717) is 0 Å². The van der Waals surface area contributed by atoms with Crippen molar-refractivity contribution in [3.8, 4) is 0 Å². The Morgan fingerprint density at radius 2 is 2.09 bits per heavy atom. The molecule has 1 rings (SSSR count). The molecule has 0 radical (unpaired) electrons. The van der Waals surface area contributed by atoms with Crippen LogP contribution in [0.1, 0.15) is 19.3 Å². The van der Waals surface area contributed by atoms with Gasteiger partial charge in [0.25, 0.3) is 0 Å². The maximum absolute atomic E-state index is 10.9. The van der Waals surface area contributed by atoms with Crippen LogP contribution in [0.5, 0.6) is 0 Å². The average Bonchev–Trinajstić information content (AvgIpc) is 1.79. The number of rotatable bonds is 4. The summed E-state index contributed by atoms with van der Waals surface area (Å²) in [5.74, 6) is 0.374. The maximum Gasteiger partial charge on any atom is 0.234 e. The summed E-state index contributed by atoms with van der Waals surface area (Å²) in [6.07, 6.45) is 3.27. The minimum atomic E-state index is -3.31. The molecule has 4 nitrogen and oxygen atoms in total. The van der Waals surface area contributed by atoms with Crippen molar-refractivity contribution in [3.05, 3.63) is 0 Å². The van der Waals surface area contributed by atoms with Crippen LogP contribution in [0.15, 0.2) is 0 Å². The predicted molar refractivity (Wildman–Crippen MR) is 40.3 cm³/mol. The third-order valence-corrected chi connectivity index (χ3v) is 3.27. The molecule has 0 saturated heterocycles. The molecular formula is C6H11NO3S. The van der Waals surface area contributed by atoms with Crippen LogP contribution in [0.4, 0.5) is 0 Å². The number of hydrogen-bond donors (Lipinski definition) is 1. The van der Waals surface area contributed by atoms with Gasteiger partial charge in [0.15, 0.2) is 0 Å². The van der Waals surface area contributed by atoms with Crippen LogP contribution in [-0.2, 0) is 14.8 Å². The Kier molecular flexibility index (Phi) is 2.49. The summed E-state index contributed by atoms with van der Waals surface area (Å²) < 4.78 is 23.6. The van der Waals surface area contributed by atoms with Gasteiger partial charge in [-0.3, -0.25) is 9.52 Å². The standard InChI is InChI=1S/C6H11NO3S/c8-5-7-11(9,10)4-6-2-1-3-6/h5-6H,1-4H2,(H,7,8). The van der Waals surface area contributed by atoms with Crippen LogP contribution in [0.25, 0.3) is 0 Å². The molecule has 11 heavy (non-hydrogen) atoms. The Bertz CT molecular complexity index is 230. The smallest absolute Gasteiger partial charge is 0.234 e. The van der Waals surface area contributed by atoms with Gasteiger partial charge in [0.2, 0.25) is 16.4 Å². The first-order chi connectivity index (χ1) is 5.14. The zero-order valence-corrected chi connectivity index (χ0v) is 6.93. The normalized spacial score (nSPS) is 18.9. The highest BCUT2D eigenvalue weighted by Gasteiger charge is 2.23. The molecule has 0 spiro atoms. The minimum absolute atomic E-state index is 0.103. The molecule has 1 aliphatic carbocycles. The Labute approximate surface area is 66.0 Å². The van der Waals surface area contributed by atoms with Crippen molar-refractivity contribution in [1.29, 1.82) is 0 Å². The molecule has 1 amide bonds. The van der Waals surface area contributed by atoms with Crippen molar-refractivity contribution >= 4 is 16.4 Å². The van der Waals surface area contributed by atoms with Crippen LogP contribution in [0, 0.1) is 5.92 Å². The van der Waals surface area contributed by atoms with Crippen LogP contribution in [0.3, 0.4) is 0 Å². The molecular weight excluding hydrogens is 166 g/mol. The van der Waals surface area contributed by atoms with Gasteiger partial charge in [0, 0.05) is 0 Å². The number of sulfonamides is 1. The van der Waals surface area contributed by atoms with Crippen LogP contribution < -0.4 is 4.72 Å². The topological polar surface area (TPSA) is 63.2 Å². The molecule has 1 aliphatic rings. The highest BCUT2D eigenvalue weighted by atomic mass is 32.2. The van der Waals surface area contributed by atoms with Crippen molar-refractivity contribution < 1.29 is 13.2 Å². The Balaban J connectivity index is 2.38. The van der Waals surface area contributed by atoms with Crippen molar-refractivity contribution in [2.24, 2.45) is 5.92 Å². The van der Waals surface area contributed by atoms with E-state index in [0.717, 1.165) is 19.3 Å². The second-order valence-electron chi connectivity index (χ2n) is 2.81. The van der Waals surface area contributed by atoms with Gasteiger partial charge in [0.05, 0.1) is 5.75 Å². The van der Waals surface area contributed by atoms with Gasteiger partial charge in [0.1, 0.15) is 0 Å². The van der Waals surface area contributed by atoms with Gasteiger partial charge in [-0.15, -0.1) is 0 Å². The fourth-order valence-electron chi connectivity index (χ4n) is 1.09. The molecule has 0 aromatic carbocycles. The molecule has 0 aromatic heterocycles.